The molecule has 1 aliphatic rings. The van der Waals surface area contributed by atoms with E-state index in [2.05, 4.69) is 16.5 Å². The van der Waals surface area contributed by atoms with Crippen LogP contribution < -0.4 is 11.3 Å². The predicted octanol–water partition coefficient (Wildman–Crippen LogP) is -0.862. The minimum absolute atomic E-state index is 0.0417. The average molecular weight is 306 g/mol. The van der Waals surface area contributed by atoms with Gasteiger partial charge in [-0.25, -0.2) is 0 Å². The maximum atomic E-state index is 11.9. The van der Waals surface area contributed by atoms with Crippen LogP contribution in [0.5, 0.6) is 0 Å². The van der Waals surface area contributed by atoms with Crippen molar-refractivity contribution in [2.45, 2.75) is 24.7 Å². The fourth-order valence-electron chi connectivity index (χ4n) is 3.30. The summed E-state index contributed by atoms with van der Waals surface area (Å²) >= 11 is 0. The lowest BCUT2D eigenvalue weighted by Crippen LogP contribution is -2.42. The van der Waals surface area contributed by atoms with Gasteiger partial charge >= 0.3 is 0 Å². The second-order valence-corrected chi connectivity index (χ2v) is 5.85. The van der Waals surface area contributed by atoms with Gasteiger partial charge in [0.15, 0.2) is 0 Å². The molecule has 0 saturated heterocycles. The molecular formula is C14H18N4O4. The van der Waals surface area contributed by atoms with Crippen molar-refractivity contribution in [1.29, 1.82) is 0 Å². The van der Waals surface area contributed by atoms with Crippen molar-refractivity contribution in [1.82, 2.24) is 14.5 Å². The highest BCUT2D eigenvalue weighted by atomic mass is 16.3. The van der Waals surface area contributed by atoms with Gasteiger partial charge in [0.1, 0.15) is 11.2 Å². The molecule has 0 unspecified atom stereocenters. The number of aromatic amines is 1. The van der Waals surface area contributed by atoms with Gasteiger partial charge < -0.3 is 25.6 Å². The number of aromatic nitrogens is 3. The number of nitrogens with two attached hydrogens (primary N) is 1. The van der Waals surface area contributed by atoms with Crippen molar-refractivity contribution in [2.75, 3.05) is 12.3 Å². The van der Waals surface area contributed by atoms with Crippen LogP contribution in [0.1, 0.15) is 13.0 Å². The first-order chi connectivity index (χ1) is 10.3. The molecule has 2 heterocycles. The summed E-state index contributed by atoms with van der Waals surface area (Å²) < 4.78 is 1.56. The number of nitrogens with zero attached hydrogens (tertiary/aromatic N) is 2. The summed E-state index contributed by atoms with van der Waals surface area (Å²) in [5.74, 6) is -0.697. The second kappa shape index (κ2) is 4.67. The molecule has 8 nitrogen and oxygen atoms in total. The number of nitrogen functional groups attached to an aromatic ring is 1. The Balaban J connectivity index is 2.23. The fraction of sp³-hybridized carbons (Fsp3) is 0.429. The normalized spacial score (nSPS) is 32.0. The Bertz CT molecular complexity index is 807. The molecule has 0 aliphatic heterocycles. The Morgan fingerprint density at radius 1 is 1.59 bits per heavy atom. The number of aliphatic hydroxyl groups is 3. The summed E-state index contributed by atoms with van der Waals surface area (Å²) in [4.78, 5) is 18.4. The Labute approximate surface area is 125 Å². The van der Waals surface area contributed by atoms with E-state index >= 15 is 0 Å². The van der Waals surface area contributed by atoms with E-state index < -0.39 is 23.7 Å². The highest BCUT2D eigenvalue weighted by Gasteiger charge is 2.54. The van der Waals surface area contributed by atoms with Gasteiger partial charge in [0.25, 0.3) is 5.56 Å². The van der Waals surface area contributed by atoms with Crippen molar-refractivity contribution in [3.05, 3.63) is 34.8 Å². The Morgan fingerprint density at radius 2 is 2.27 bits per heavy atom. The lowest BCUT2D eigenvalue weighted by atomic mass is 9.96. The highest BCUT2D eigenvalue weighted by Crippen LogP contribution is 2.47. The number of nitrogens with one attached hydrogen (secondary N) is 1. The zero-order valence-electron chi connectivity index (χ0n) is 12.0. The Morgan fingerprint density at radius 3 is 2.86 bits per heavy atom. The van der Waals surface area contributed by atoms with Crippen LogP contribution in [0.3, 0.4) is 0 Å². The van der Waals surface area contributed by atoms with E-state index in [0.29, 0.717) is 16.6 Å². The first kappa shape index (κ1) is 14.8. The number of anilines is 1. The molecule has 0 bridgehead atoms. The maximum Gasteiger partial charge on any atom is 0.261 e. The standard InChI is InChI=1S/C14H18N4O4/c1-6-8(5-19)10(20)14(2,22)9(6)18-4-3-7-11(18)16-13(15)17-12(7)21/h3-4,8-10,19-20,22H,1,5H2,2H3,(H3,15,16,17,21)/t8-,9+,10+,14-/m0/s1. The lowest BCUT2D eigenvalue weighted by Gasteiger charge is -2.30. The third kappa shape index (κ3) is 1.81. The van der Waals surface area contributed by atoms with Gasteiger partial charge in [-0.15, -0.1) is 0 Å². The molecule has 0 aromatic carbocycles. The molecule has 2 aromatic rings. The Hall–Kier alpha value is -2.16. The maximum absolute atomic E-state index is 11.9. The zero-order chi connectivity index (χ0) is 16.2. The molecule has 1 saturated carbocycles. The van der Waals surface area contributed by atoms with Gasteiger partial charge in [-0.05, 0) is 18.6 Å². The Kier molecular flexibility index (Phi) is 3.13. The van der Waals surface area contributed by atoms with Crippen molar-refractivity contribution in [2.24, 2.45) is 5.92 Å². The van der Waals surface area contributed by atoms with E-state index in [1.807, 2.05) is 0 Å². The van der Waals surface area contributed by atoms with Gasteiger partial charge in [-0.1, -0.05) is 6.58 Å². The summed E-state index contributed by atoms with van der Waals surface area (Å²) in [7, 11) is 0. The summed E-state index contributed by atoms with van der Waals surface area (Å²) in [6.07, 6.45) is 0.412. The van der Waals surface area contributed by atoms with Crippen LogP contribution in [0, 0.1) is 5.92 Å². The molecule has 118 valence electrons. The topological polar surface area (TPSA) is 137 Å². The summed E-state index contributed by atoms with van der Waals surface area (Å²) in [5, 5.41) is 30.7. The van der Waals surface area contributed by atoms with Crippen LogP contribution >= 0.6 is 0 Å². The fourth-order valence-corrected chi connectivity index (χ4v) is 3.30. The molecule has 3 rings (SSSR count). The summed E-state index contributed by atoms with van der Waals surface area (Å²) in [6, 6.07) is 0.827. The van der Waals surface area contributed by atoms with Crippen LogP contribution in [0.25, 0.3) is 11.0 Å². The van der Waals surface area contributed by atoms with E-state index in [9.17, 15) is 20.1 Å². The van der Waals surface area contributed by atoms with Crippen LogP contribution in [0.4, 0.5) is 5.95 Å². The number of hydrogen-bond donors (Lipinski definition) is 5. The summed E-state index contributed by atoms with van der Waals surface area (Å²) in [6.45, 7) is 5.03. The lowest BCUT2D eigenvalue weighted by molar-refractivity contribution is -0.0775. The van der Waals surface area contributed by atoms with Crippen molar-refractivity contribution in [3.63, 3.8) is 0 Å². The molecule has 0 spiro atoms. The molecule has 1 aliphatic carbocycles. The van der Waals surface area contributed by atoms with E-state index in [1.165, 1.54) is 6.92 Å². The molecule has 0 radical (unpaired) electrons. The molecule has 8 heteroatoms. The minimum Gasteiger partial charge on any atom is -0.396 e. The molecule has 0 amide bonds. The predicted molar refractivity (Wildman–Crippen MR) is 80.1 cm³/mol. The largest absolute Gasteiger partial charge is 0.396 e. The van der Waals surface area contributed by atoms with Crippen molar-refractivity contribution in [3.8, 4) is 0 Å². The molecule has 22 heavy (non-hydrogen) atoms. The number of H-pyrrole nitrogens is 1. The quantitative estimate of drug-likeness (QED) is 0.458. The van der Waals surface area contributed by atoms with Crippen LogP contribution in [0.2, 0.25) is 0 Å². The van der Waals surface area contributed by atoms with Crippen molar-refractivity contribution < 1.29 is 15.3 Å². The monoisotopic (exact) mass is 306 g/mol. The van der Waals surface area contributed by atoms with Gasteiger partial charge in [0.05, 0.1) is 24.1 Å². The number of hydrogen-bond acceptors (Lipinski definition) is 6. The molecular weight excluding hydrogens is 288 g/mol. The van der Waals surface area contributed by atoms with Gasteiger partial charge in [-0.2, -0.15) is 4.98 Å². The number of fused-ring (bicyclic) bond motifs is 1. The second-order valence-electron chi connectivity index (χ2n) is 5.85. The molecule has 1 fully saturated rings. The van der Waals surface area contributed by atoms with Gasteiger partial charge in [0.2, 0.25) is 5.95 Å². The van der Waals surface area contributed by atoms with Crippen LogP contribution in [-0.4, -0.2) is 48.2 Å². The molecule has 2 aromatic heterocycles. The SMILES string of the molecule is C=C1[C@H](CO)[C@@H](O)[C@@](C)(O)[C@@H]1n1ccc2c(=O)[nH]c(N)nc21. The van der Waals surface area contributed by atoms with Crippen molar-refractivity contribution >= 4 is 17.0 Å². The average Bonchev–Trinajstić information content (AvgIpc) is 2.89. The smallest absolute Gasteiger partial charge is 0.261 e. The third-order valence-corrected chi connectivity index (χ3v) is 4.44. The van der Waals surface area contributed by atoms with Crippen LogP contribution in [0.15, 0.2) is 29.2 Å². The number of rotatable bonds is 2. The van der Waals surface area contributed by atoms with E-state index in [4.69, 9.17) is 5.73 Å². The van der Waals surface area contributed by atoms with E-state index in [-0.39, 0.29) is 18.1 Å². The summed E-state index contributed by atoms with van der Waals surface area (Å²) in [5.41, 5.74) is 4.40. The van der Waals surface area contributed by atoms with Gasteiger partial charge in [0, 0.05) is 12.1 Å². The highest BCUT2D eigenvalue weighted by molar-refractivity contribution is 5.76. The zero-order valence-corrected chi connectivity index (χ0v) is 12.0. The molecule has 6 N–H and O–H groups in total. The van der Waals surface area contributed by atoms with E-state index in [1.54, 1.807) is 16.8 Å². The first-order valence-electron chi connectivity index (χ1n) is 6.85. The first-order valence-corrected chi connectivity index (χ1v) is 6.85. The third-order valence-electron chi connectivity index (χ3n) is 4.44. The minimum atomic E-state index is -1.56. The van der Waals surface area contributed by atoms with Gasteiger partial charge in [-0.3, -0.25) is 9.78 Å². The molecule has 4 atom stereocenters. The van der Waals surface area contributed by atoms with Crippen LogP contribution in [-0.2, 0) is 0 Å². The van der Waals surface area contributed by atoms with E-state index in [0.717, 1.165) is 0 Å². The number of aliphatic hydroxyl groups excluding tert-OH is 2.